The van der Waals surface area contributed by atoms with E-state index in [1.54, 1.807) is 12.4 Å². The summed E-state index contributed by atoms with van der Waals surface area (Å²) in [6, 6.07) is 15.5. The van der Waals surface area contributed by atoms with Crippen molar-refractivity contribution in [3.8, 4) is 23.0 Å². The molecule has 2 aliphatic rings. The number of carbonyl (C=O) groups is 1. The van der Waals surface area contributed by atoms with Gasteiger partial charge in [-0.05, 0) is 53.1 Å². The standard InChI is InChI=1S/C27H24N4O6/c32-27(29-11-18-5-7-28-8-6-18)21-15-33-26(30-21)14-31(12-19-1-3-22-24(9-19)36-16-34-22)13-20-2-4-23-25(10-20)37-17-35-23/h1-10,15H,11-14,16-17H2,(H,29,32). The van der Waals surface area contributed by atoms with Gasteiger partial charge in [0, 0.05) is 32.0 Å². The summed E-state index contributed by atoms with van der Waals surface area (Å²) in [5, 5.41) is 2.85. The fourth-order valence-corrected chi connectivity index (χ4v) is 4.22. The van der Waals surface area contributed by atoms with Crippen LogP contribution in [0.3, 0.4) is 0 Å². The van der Waals surface area contributed by atoms with Crippen LogP contribution in [-0.2, 0) is 26.2 Å². The summed E-state index contributed by atoms with van der Waals surface area (Å²) in [5.74, 6) is 3.07. The zero-order valence-corrected chi connectivity index (χ0v) is 19.9. The number of pyridine rings is 1. The summed E-state index contributed by atoms with van der Waals surface area (Å²) < 4.78 is 27.6. The minimum Gasteiger partial charge on any atom is -0.454 e. The molecule has 0 unspecified atom stereocenters. The first-order valence-corrected chi connectivity index (χ1v) is 11.8. The molecule has 10 nitrogen and oxygen atoms in total. The van der Waals surface area contributed by atoms with Gasteiger partial charge in [-0.3, -0.25) is 14.7 Å². The second kappa shape index (κ2) is 10.2. The molecule has 0 bridgehead atoms. The minimum atomic E-state index is -0.301. The molecule has 4 aromatic rings. The summed E-state index contributed by atoms with van der Waals surface area (Å²) in [4.78, 5) is 23.2. The first-order chi connectivity index (χ1) is 18.2. The summed E-state index contributed by atoms with van der Waals surface area (Å²) in [6.45, 7) is 2.41. The molecule has 0 saturated carbocycles. The van der Waals surface area contributed by atoms with Crippen molar-refractivity contribution >= 4 is 5.91 Å². The lowest BCUT2D eigenvalue weighted by Crippen LogP contribution is -2.24. The molecule has 0 fully saturated rings. The Balaban J connectivity index is 1.17. The Morgan fingerprint density at radius 2 is 1.41 bits per heavy atom. The predicted octanol–water partition coefficient (Wildman–Crippen LogP) is 3.66. The van der Waals surface area contributed by atoms with Gasteiger partial charge in [-0.15, -0.1) is 0 Å². The van der Waals surface area contributed by atoms with Crippen molar-refractivity contribution in [2.45, 2.75) is 26.2 Å². The SMILES string of the molecule is O=C(NCc1ccncc1)c1coc(CN(Cc2ccc3c(c2)OCO3)Cc2ccc3c(c2)OCO3)n1. The van der Waals surface area contributed by atoms with Gasteiger partial charge in [0.05, 0.1) is 6.54 Å². The lowest BCUT2D eigenvalue weighted by atomic mass is 10.1. The van der Waals surface area contributed by atoms with Gasteiger partial charge in [0.15, 0.2) is 28.7 Å². The number of carbonyl (C=O) groups excluding carboxylic acids is 1. The first kappa shape index (κ1) is 22.9. The van der Waals surface area contributed by atoms with Crippen molar-refractivity contribution in [1.29, 1.82) is 0 Å². The molecule has 1 amide bonds. The minimum absolute atomic E-state index is 0.224. The maximum Gasteiger partial charge on any atom is 0.273 e. The summed E-state index contributed by atoms with van der Waals surface area (Å²) in [5.41, 5.74) is 3.28. The highest BCUT2D eigenvalue weighted by Crippen LogP contribution is 2.34. The number of nitrogens with one attached hydrogen (secondary N) is 1. The molecule has 2 aromatic carbocycles. The molecule has 1 N–H and O–H groups in total. The van der Waals surface area contributed by atoms with E-state index in [4.69, 9.17) is 23.4 Å². The van der Waals surface area contributed by atoms with Crippen LogP contribution in [-0.4, -0.2) is 34.4 Å². The molecule has 188 valence electrons. The van der Waals surface area contributed by atoms with Crippen LogP contribution in [0.25, 0.3) is 0 Å². The van der Waals surface area contributed by atoms with Crippen molar-refractivity contribution in [1.82, 2.24) is 20.2 Å². The van der Waals surface area contributed by atoms with Gasteiger partial charge in [-0.2, -0.15) is 0 Å². The van der Waals surface area contributed by atoms with E-state index in [1.165, 1.54) is 6.26 Å². The lowest BCUT2D eigenvalue weighted by Gasteiger charge is -2.21. The van der Waals surface area contributed by atoms with E-state index >= 15 is 0 Å². The van der Waals surface area contributed by atoms with E-state index in [1.807, 2.05) is 48.5 Å². The molecule has 0 aliphatic carbocycles. The molecule has 37 heavy (non-hydrogen) atoms. The zero-order valence-electron chi connectivity index (χ0n) is 19.9. The Morgan fingerprint density at radius 1 is 0.784 bits per heavy atom. The van der Waals surface area contributed by atoms with Crippen LogP contribution in [0.1, 0.15) is 33.1 Å². The van der Waals surface area contributed by atoms with Crippen molar-refractivity contribution in [3.63, 3.8) is 0 Å². The number of benzene rings is 2. The number of fused-ring (bicyclic) bond motifs is 2. The van der Waals surface area contributed by atoms with E-state index in [9.17, 15) is 4.79 Å². The third-order valence-corrected chi connectivity index (χ3v) is 6.03. The number of ether oxygens (including phenoxy) is 4. The molecule has 0 spiro atoms. The Kier molecular flexibility index (Phi) is 6.30. The summed E-state index contributed by atoms with van der Waals surface area (Å²) in [6.07, 6.45) is 4.76. The molecular weight excluding hydrogens is 476 g/mol. The number of aromatic nitrogens is 2. The molecule has 10 heteroatoms. The quantitative estimate of drug-likeness (QED) is 0.368. The van der Waals surface area contributed by atoms with Crippen LogP contribution in [0.5, 0.6) is 23.0 Å². The fourth-order valence-electron chi connectivity index (χ4n) is 4.22. The van der Waals surface area contributed by atoms with Crippen molar-refractivity contribution in [3.05, 3.63) is 95.5 Å². The van der Waals surface area contributed by atoms with Gasteiger partial charge in [-0.25, -0.2) is 4.98 Å². The molecule has 2 aromatic heterocycles. The van der Waals surface area contributed by atoms with Gasteiger partial charge in [0.25, 0.3) is 5.91 Å². The number of amides is 1. The van der Waals surface area contributed by atoms with Gasteiger partial charge < -0.3 is 28.7 Å². The summed E-state index contributed by atoms with van der Waals surface area (Å²) >= 11 is 0. The molecule has 2 aliphatic heterocycles. The van der Waals surface area contributed by atoms with E-state index in [2.05, 4.69) is 20.2 Å². The third-order valence-electron chi connectivity index (χ3n) is 6.03. The van der Waals surface area contributed by atoms with E-state index in [-0.39, 0.29) is 25.2 Å². The van der Waals surface area contributed by atoms with Crippen LogP contribution in [0.2, 0.25) is 0 Å². The maximum atomic E-state index is 12.6. The molecule has 0 radical (unpaired) electrons. The smallest absolute Gasteiger partial charge is 0.273 e. The van der Waals surface area contributed by atoms with Crippen LogP contribution in [0, 0.1) is 0 Å². The Labute approximate surface area is 212 Å². The van der Waals surface area contributed by atoms with Crippen molar-refractivity contribution in [2.24, 2.45) is 0 Å². The third kappa shape index (κ3) is 5.34. The van der Waals surface area contributed by atoms with Gasteiger partial charge in [0.2, 0.25) is 19.5 Å². The first-order valence-electron chi connectivity index (χ1n) is 11.8. The predicted molar refractivity (Wildman–Crippen MR) is 130 cm³/mol. The monoisotopic (exact) mass is 500 g/mol. The van der Waals surface area contributed by atoms with Gasteiger partial charge >= 0.3 is 0 Å². The van der Waals surface area contributed by atoms with Crippen molar-refractivity contribution in [2.75, 3.05) is 13.6 Å². The molecule has 0 atom stereocenters. The number of oxazole rings is 1. The topological polar surface area (TPSA) is 108 Å². The van der Waals surface area contributed by atoms with Crippen LogP contribution in [0.15, 0.2) is 71.6 Å². The largest absolute Gasteiger partial charge is 0.454 e. The normalized spacial score (nSPS) is 13.2. The second-order valence-electron chi connectivity index (χ2n) is 8.69. The van der Waals surface area contributed by atoms with E-state index < -0.39 is 0 Å². The van der Waals surface area contributed by atoms with Gasteiger partial charge in [0.1, 0.15) is 6.26 Å². The van der Waals surface area contributed by atoms with E-state index in [0.717, 1.165) is 39.7 Å². The Bertz CT molecular complexity index is 1350. The van der Waals surface area contributed by atoms with Crippen LogP contribution >= 0.6 is 0 Å². The maximum absolute atomic E-state index is 12.6. The number of nitrogens with zero attached hydrogens (tertiary/aromatic N) is 3. The highest BCUT2D eigenvalue weighted by atomic mass is 16.7. The average molecular weight is 501 g/mol. The molecule has 0 saturated heterocycles. The van der Waals surface area contributed by atoms with Crippen LogP contribution < -0.4 is 24.3 Å². The zero-order chi connectivity index (χ0) is 25.0. The number of hydrogen-bond donors (Lipinski definition) is 1. The molecule has 4 heterocycles. The highest BCUT2D eigenvalue weighted by molar-refractivity contribution is 5.91. The second-order valence-corrected chi connectivity index (χ2v) is 8.69. The number of hydrogen-bond acceptors (Lipinski definition) is 9. The molecular formula is C27H24N4O6. The Morgan fingerprint density at radius 3 is 2.05 bits per heavy atom. The summed E-state index contributed by atoms with van der Waals surface area (Å²) in [7, 11) is 0. The average Bonchev–Trinajstić information content (AvgIpc) is 3.68. The van der Waals surface area contributed by atoms with E-state index in [0.29, 0.717) is 32.1 Å². The van der Waals surface area contributed by atoms with Gasteiger partial charge in [-0.1, -0.05) is 12.1 Å². The number of rotatable bonds is 9. The molecule has 6 rings (SSSR count). The van der Waals surface area contributed by atoms with Crippen molar-refractivity contribution < 1.29 is 28.2 Å². The fraction of sp³-hybridized carbons (Fsp3) is 0.222. The lowest BCUT2D eigenvalue weighted by molar-refractivity contribution is 0.0945. The Hall–Kier alpha value is -4.57. The van der Waals surface area contributed by atoms with Crippen LogP contribution in [0.4, 0.5) is 0 Å². The highest BCUT2D eigenvalue weighted by Gasteiger charge is 2.20.